The Kier molecular flexibility index (Phi) is 7.16. The summed E-state index contributed by atoms with van der Waals surface area (Å²) in [4.78, 5) is 12.6. The van der Waals surface area contributed by atoms with Crippen molar-refractivity contribution in [2.75, 3.05) is 20.8 Å². The molecule has 1 atom stereocenters. The minimum Gasteiger partial charge on any atom is -0.494 e. The Morgan fingerprint density at radius 2 is 1.77 bits per heavy atom. The molecule has 1 aromatic heterocycles. The molecule has 0 bridgehead atoms. The number of carbonyl (C=O) groups is 1. The standard InChI is InChI=1S/C24H25NO5/c1-4-29-20-10-7-17(8-11-20)24(18-9-13-21(27-2)22(16-18)28-3)25-23(26)14-12-19-6-5-15-30-19/h5-16,24H,4H2,1-3H3,(H,25,26)/b14-12-/t24-/m0/s1. The average molecular weight is 407 g/mol. The topological polar surface area (TPSA) is 69.9 Å². The molecule has 0 saturated heterocycles. The lowest BCUT2D eigenvalue weighted by Crippen LogP contribution is -2.27. The summed E-state index contributed by atoms with van der Waals surface area (Å²) in [5.41, 5.74) is 1.77. The number of carbonyl (C=O) groups excluding carboxylic acids is 1. The molecule has 0 unspecified atom stereocenters. The molecule has 0 fully saturated rings. The fourth-order valence-corrected chi connectivity index (χ4v) is 3.05. The highest BCUT2D eigenvalue weighted by atomic mass is 16.5. The van der Waals surface area contributed by atoms with Crippen LogP contribution in [0.3, 0.4) is 0 Å². The van der Waals surface area contributed by atoms with E-state index < -0.39 is 6.04 Å². The van der Waals surface area contributed by atoms with Gasteiger partial charge in [0.1, 0.15) is 11.5 Å². The molecule has 0 aliphatic carbocycles. The van der Waals surface area contributed by atoms with E-state index >= 15 is 0 Å². The van der Waals surface area contributed by atoms with Crippen molar-refractivity contribution in [2.24, 2.45) is 0 Å². The van der Waals surface area contributed by atoms with Crippen molar-refractivity contribution in [3.8, 4) is 17.2 Å². The van der Waals surface area contributed by atoms with E-state index in [9.17, 15) is 4.79 Å². The van der Waals surface area contributed by atoms with Crippen LogP contribution in [0.25, 0.3) is 6.08 Å². The molecule has 1 amide bonds. The maximum absolute atomic E-state index is 12.6. The lowest BCUT2D eigenvalue weighted by Gasteiger charge is -2.21. The van der Waals surface area contributed by atoms with Gasteiger partial charge in [0.25, 0.3) is 0 Å². The molecule has 6 heteroatoms. The lowest BCUT2D eigenvalue weighted by molar-refractivity contribution is -0.116. The third-order valence-electron chi connectivity index (χ3n) is 4.49. The minimum atomic E-state index is -0.394. The zero-order valence-electron chi connectivity index (χ0n) is 17.3. The number of nitrogens with one attached hydrogen (secondary N) is 1. The Labute approximate surface area is 176 Å². The van der Waals surface area contributed by atoms with Crippen LogP contribution in [-0.4, -0.2) is 26.7 Å². The highest BCUT2D eigenvalue weighted by molar-refractivity contribution is 5.91. The number of methoxy groups -OCH3 is 2. The van der Waals surface area contributed by atoms with Gasteiger partial charge in [0, 0.05) is 6.08 Å². The quantitative estimate of drug-likeness (QED) is 0.525. The molecule has 2 aromatic carbocycles. The SMILES string of the molecule is CCOc1ccc([C@H](NC(=O)/C=C\c2ccco2)c2ccc(OC)c(OC)c2)cc1. The Morgan fingerprint density at radius 1 is 1.03 bits per heavy atom. The van der Waals surface area contributed by atoms with Gasteiger partial charge in [-0.05, 0) is 60.5 Å². The number of rotatable bonds is 9. The van der Waals surface area contributed by atoms with Crippen LogP contribution in [0.4, 0.5) is 0 Å². The van der Waals surface area contributed by atoms with Gasteiger partial charge in [-0.3, -0.25) is 4.79 Å². The van der Waals surface area contributed by atoms with Crippen LogP contribution in [0.5, 0.6) is 17.2 Å². The van der Waals surface area contributed by atoms with Crippen LogP contribution < -0.4 is 19.5 Å². The Balaban J connectivity index is 1.90. The maximum atomic E-state index is 12.6. The smallest absolute Gasteiger partial charge is 0.244 e. The van der Waals surface area contributed by atoms with Crippen molar-refractivity contribution in [2.45, 2.75) is 13.0 Å². The summed E-state index contributed by atoms with van der Waals surface area (Å²) in [6.07, 6.45) is 4.63. The van der Waals surface area contributed by atoms with Gasteiger partial charge < -0.3 is 23.9 Å². The summed E-state index contributed by atoms with van der Waals surface area (Å²) < 4.78 is 21.5. The number of amides is 1. The molecule has 6 nitrogen and oxygen atoms in total. The van der Waals surface area contributed by atoms with Crippen LogP contribution in [-0.2, 0) is 4.79 Å². The van der Waals surface area contributed by atoms with E-state index in [2.05, 4.69) is 5.32 Å². The van der Waals surface area contributed by atoms with Crippen molar-refractivity contribution >= 4 is 12.0 Å². The molecule has 30 heavy (non-hydrogen) atoms. The van der Waals surface area contributed by atoms with Crippen LogP contribution in [0.2, 0.25) is 0 Å². The monoisotopic (exact) mass is 407 g/mol. The summed E-state index contributed by atoms with van der Waals surface area (Å²) in [6.45, 7) is 2.53. The number of furan rings is 1. The highest BCUT2D eigenvalue weighted by Crippen LogP contribution is 2.32. The Bertz CT molecular complexity index is 977. The van der Waals surface area contributed by atoms with E-state index in [0.29, 0.717) is 23.9 Å². The van der Waals surface area contributed by atoms with Gasteiger partial charge in [0.05, 0.1) is 33.1 Å². The number of hydrogen-bond donors (Lipinski definition) is 1. The maximum Gasteiger partial charge on any atom is 0.244 e. The third-order valence-corrected chi connectivity index (χ3v) is 4.49. The second kappa shape index (κ2) is 10.2. The number of hydrogen-bond acceptors (Lipinski definition) is 5. The summed E-state index contributed by atoms with van der Waals surface area (Å²) in [7, 11) is 3.17. The summed E-state index contributed by atoms with van der Waals surface area (Å²) in [6, 6.07) is 16.4. The zero-order chi connectivity index (χ0) is 21.3. The van der Waals surface area contributed by atoms with Crippen LogP contribution >= 0.6 is 0 Å². The molecule has 156 valence electrons. The first-order chi connectivity index (χ1) is 14.6. The van der Waals surface area contributed by atoms with Crippen molar-refractivity contribution in [1.82, 2.24) is 5.32 Å². The first-order valence-corrected chi connectivity index (χ1v) is 9.61. The Hall–Kier alpha value is -3.67. The molecule has 0 aliphatic heterocycles. The fraction of sp³-hybridized carbons (Fsp3) is 0.208. The predicted molar refractivity (Wildman–Crippen MR) is 115 cm³/mol. The van der Waals surface area contributed by atoms with E-state index in [0.717, 1.165) is 16.9 Å². The zero-order valence-corrected chi connectivity index (χ0v) is 17.3. The second-order valence-electron chi connectivity index (χ2n) is 6.41. The van der Waals surface area contributed by atoms with Crippen molar-refractivity contribution in [1.29, 1.82) is 0 Å². The number of ether oxygens (including phenoxy) is 3. The largest absolute Gasteiger partial charge is 0.494 e. The number of benzene rings is 2. The molecule has 0 saturated carbocycles. The minimum absolute atomic E-state index is 0.250. The van der Waals surface area contributed by atoms with E-state index in [1.54, 1.807) is 38.7 Å². The van der Waals surface area contributed by atoms with Crippen LogP contribution in [0.15, 0.2) is 71.4 Å². The van der Waals surface area contributed by atoms with Crippen LogP contribution in [0, 0.1) is 0 Å². The van der Waals surface area contributed by atoms with Gasteiger partial charge in [-0.25, -0.2) is 0 Å². The van der Waals surface area contributed by atoms with E-state index in [1.165, 1.54) is 6.08 Å². The average Bonchev–Trinajstić information content (AvgIpc) is 3.30. The first-order valence-electron chi connectivity index (χ1n) is 9.61. The fourth-order valence-electron chi connectivity index (χ4n) is 3.05. The normalized spacial score (nSPS) is 11.8. The van der Waals surface area contributed by atoms with Gasteiger partial charge in [-0.2, -0.15) is 0 Å². The molecule has 0 aliphatic rings. The molecule has 1 N–H and O–H groups in total. The molecule has 3 aromatic rings. The molecule has 0 spiro atoms. The first kappa shape index (κ1) is 21.0. The van der Waals surface area contributed by atoms with Gasteiger partial charge in [0.2, 0.25) is 5.91 Å². The van der Waals surface area contributed by atoms with Crippen molar-refractivity contribution in [3.05, 3.63) is 83.8 Å². The molecule has 3 rings (SSSR count). The van der Waals surface area contributed by atoms with Gasteiger partial charge >= 0.3 is 0 Å². The lowest BCUT2D eigenvalue weighted by atomic mass is 9.98. The molecule has 0 radical (unpaired) electrons. The van der Waals surface area contributed by atoms with E-state index in [1.807, 2.05) is 49.4 Å². The predicted octanol–water partition coefficient (Wildman–Crippen LogP) is 4.61. The Morgan fingerprint density at radius 3 is 2.40 bits per heavy atom. The van der Waals surface area contributed by atoms with Gasteiger partial charge in [-0.15, -0.1) is 0 Å². The van der Waals surface area contributed by atoms with E-state index in [4.69, 9.17) is 18.6 Å². The summed E-state index contributed by atoms with van der Waals surface area (Å²) in [5.74, 6) is 2.34. The van der Waals surface area contributed by atoms with Gasteiger partial charge in [-0.1, -0.05) is 18.2 Å². The van der Waals surface area contributed by atoms with Gasteiger partial charge in [0.15, 0.2) is 11.5 Å². The second-order valence-corrected chi connectivity index (χ2v) is 6.41. The summed E-state index contributed by atoms with van der Waals surface area (Å²) in [5, 5.41) is 3.05. The van der Waals surface area contributed by atoms with Crippen LogP contribution in [0.1, 0.15) is 29.9 Å². The van der Waals surface area contributed by atoms with E-state index in [-0.39, 0.29) is 5.91 Å². The molecular formula is C24H25NO5. The molecular weight excluding hydrogens is 382 g/mol. The molecule has 1 heterocycles. The van der Waals surface area contributed by atoms with Crippen molar-refractivity contribution in [3.63, 3.8) is 0 Å². The highest BCUT2D eigenvalue weighted by Gasteiger charge is 2.18. The third kappa shape index (κ3) is 5.23. The van der Waals surface area contributed by atoms with Crippen molar-refractivity contribution < 1.29 is 23.4 Å². The summed E-state index contributed by atoms with van der Waals surface area (Å²) >= 11 is 0.